The first kappa shape index (κ1) is 20.0. The number of amides is 2. The van der Waals surface area contributed by atoms with Crippen LogP contribution in [0.25, 0.3) is 6.08 Å². The van der Waals surface area contributed by atoms with Crippen LogP contribution >= 0.6 is 23.8 Å². The average Bonchev–Trinajstić information content (AvgIpc) is 2.60. The van der Waals surface area contributed by atoms with E-state index in [0.717, 1.165) is 11.0 Å². The van der Waals surface area contributed by atoms with E-state index in [-0.39, 0.29) is 22.5 Å². The van der Waals surface area contributed by atoms with Crippen molar-refractivity contribution in [3.8, 4) is 5.75 Å². The Labute approximate surface area is 171 Å². The zero-order valence-corrected chi connectivity index (χ0v) is 16.6. The van der Waals surface area contributed by atoms with Gasteiger partial charge in [-0.2, -0.15) is 0 Å². The normalized spacial score (nSPS) is 16.0. The summed E-state index contributed by atoms with van der Waals surface area (Å²) >= 11 is 11.3. The SMILES string of the molecule is CC(C)Oc1ccc(C=C2C(=O)NC(=S)N(c3cccc(F)c3)C2=O)cc1Cl. The number of benzene rings is 2. The zero-order valence-electron chi connectivity index (χ0n) is 15.0. The summed E-state index contributed by atoms with van der Waals surface area (Å²) in [5.74, 6) is -1.32. The van der Waals surface area contributed by atoms with Crippen molar-refractivity contribution in [3.63, 3.8) is 0 Å². The fourth-order valence-electron chi connectivity index (χ4n) is 2.63. The number of hydrogen-bond donors (Lipinski definition) is 1. The van der Waals surface area contributed by atoms with Crippen LogP contribution in [0.2, 0.25) is 5.02 Å². The molecule has 0 atom stereocenters. The van der Waals surface area contributed by atoms with Crippen molar-refractivity contribution < 1.29 is 18.7 Å². The molecule has 0 saturated carbocycles. The summed E-state index contributed by atoms with van der Waals surface area (Å²) in [5, 5.41) is 2.69. The van der Waals surface area contributed by atoms with Gasteiger partial charge in [0.1, 0.15) is 17.1 Å². The van der Waals surface area contributed by atoms with E-state index in [1.165, 1.54) is 24.3 Å². The molecule has 0 aromatic heterocycles. The second-order valence-corrected chi connectivity index (χ2v) is 7.09. The number of hydrogen-bond acceptors (Lipinski definition) is 4. The Balaban J connectivity index is 1.96. The highest BCUT2D eigenvalue weighted by Crippen LogP contribution is 2.28. The zero-order chi connectivity index (χ0) is 20.4. The van der Waals surface area contributed by atoms with E-state index >= 15 is 0 Å². The maximum atomic E-state index is 13.6. The topological polar surface area (TPSA) is 58.6 Å². The van der Waals surface area contributed by atoms with E-state index in [4.69, 9.17) is 28.6 Å². The molecule has 0 unspecified atom stereocenters. The third kappa shape index (κ3) is 4.21. The van der Waals surface area contributed by atoms with Crippen LogP contribution in [0.4, 0.5) is 10.1 Å². The standard InChI is InChI=1S/C20H16ClFN2O3S/c1-11(2)27-17-7-6-12(9-16(17)21)8-15-18(25)23-20(28)24(19(15)26)14-5-3-4-13(22)10-14/h3-11H,1-2H3,(H,23,25,28). The lowest BCUT2D eigenvalue weighted by Gasteiger charge is -2.28. The summed E-state index contributed by atoms with van der Waals surface area (Å²) < 4.78 is 19.1. The predicted octanol–water partition coefficient (Wildman–Crippen LogP) is 4.10. The van der Waals surface area contributed by atoms with Gasteiger partial charge in [0.2, 0.25) is 0 Å². The number of thiocarbonyl (C=S) groups is 1. The van der Waals surface area contributed by atoms with Crippen molar-refractivity contribution >= 4 is 52.5 Å². The summed E-state index contributed by atoms with van der Waals surface area (Å²) in [4.78, 5) is 26.3. The van der Waals surface area contributed by atoms with Gasteiger partial charge in [-0.05, 0) is 68.0 Å². The third-order valence-electron chi connectivity index (χ3n) is 3.80. The lowest BCUT2D eigenvalue weighted by Crippen LogP contribution is -2.54. The number of carbonyl (C=O) groups excluding carboxylic acids is 2. The van der Waals surface area contributed by atoms with Crippen LogP contribution in [0, 0.1) is 5.82 Å². The Morgan fingerprint density at radius 1 is 1.21 bits per heavy atom. The summed E-state index contributed by atoms with van der Waals surface area (Å²) in [6.45, 7) is 3.75. The largest absolute Gasteiger partial charge is 0.489 e. The Kier molecular flexibility index (Phi) is 5.76. The van der Waals surface area contributed by atoms with Crippen molar-refractivity contribution in [2.24, 2.45) is 0 Å². The van der Waals surface area contributed by atoms with Gasteiger partial charge in [0.05, 0.1) is 16.8 Å². The molecule has 2 aromatic rings. The fourth-order valence-corrected chi connectivity index (χ4v) is 3.14. The maximum absolute atomic E-state index is 13.6. The number of ether oxygens (including phenoxy) is 1. The van der Waals surface area contributed by atoms with Crippen LogP contribution < -0.4 is 15.0 Å². The highest BCUT2D eigenvalue weighted by Gasteiger charge is 2.34. The summed E-state index contributed by atoms with van der Waals surface area (Å²) in [6.07, 6.45) is 1.35. The van der Waals surface area contributed by atoms with Crippen molar-refractivity contribution in [1.82, 2.24) is 5.32 Å². The quantitative estimate of drug-likeness (QED) is 0.461. The van der Waals surface area contributed by atoms with Crippen LogP contribution in [-0.2, 0) is 9.59 Å². The van der Waals surface area contributed by atoms with Crippen LogP contribution in [-0.4, -0.2) is 23.0 Å². The number of nitrogens with one attached hydrogen (secondary N) is 1. The van der Waals surface area contributed by atoms with E-state index in [1.54, 1.807) is 18.2 Å². The van der Waals surface area contributed by atoms with Crippen LogP contribution in [0.3, 0.4) is 0 Å². The second kappa shape index (κ2) is 8.08. The van der Waals surface area contributed by atoms with Gasteiger partial charge in [-0.25, -0.2) is 4.39 Å². The van der Waals surface area contributed by atoms with Crippen molar-refractivity contribution in [3.05, 3.63) is 64.4 Å². The molecule has 8 heteroatoms. The molecule has 1 N–H and O–H groups in total. The number of nitrogens with zero attached hydrogens (tertiary/aromatic N) is 1. The molecule has 2 aromatic carbocycles. The van der Waals surface area contributed by atoms with Gasteiger partial charge in [-0.15, -0.1) is 0 Å². The molecule has 1 saturated heterocycles. The first-order valence-electron chi connectivity index (χ1n) is 8.39. The van der Waals surface area contributed by atoms with Gasteiger partial charge < -0.3 is 4.74 Å². The lowest BCUT2D eigenvalue weighted by atomic mass is 10.1. The van der Waals surface area contributed by atoms with Crippen LogP contribution in [0.1, 0.15) is 19.4 Å². The highest BCUT2D eigenvalue weighted by atomic mass is 35.5. The Morgan fingerprint density at radius 3 is 2.61 bits per heavy atom. The van der Waals surface area contributed by atoms with Gasteiger partial charge in [-0.1, -0.05) is 23.7 Å². The Morgan fingerprint density at radius 2 is 1.96 bits per heavy atom. The van der Waals surface area contributed by atoms with Crippen molar-refractivity contribution in [2.45, 2.75) is 20.0 Å². The Bertz CT molecular complexity index is 1010. The van der Waals surface area contributed by atoms with E-state index < -0.39 is 17.6 Å². The molecule has 0 spiro atoms. The van der Waals surface area contributed by atoms with Gasteiger partial charge in [-0.3, -0.25) is 19.8 Å². The molecule has 144 valence electrons. The van der Waals surface area contributed by atoms with Gasteiger partial charge in [0, 0.05) is 0 Å². The van der Waals surface area contributed by atoms with Gasteiger partial charge in [0.15, 0.2) is 5.11 Å². The monoisotopic (exact) mass is 418 g/mol. The molecule has 28 heavy (non-hydrogen) atoms. The molecule has 0 radical (unpaired) electrons. The van der Waals surface area contributed by atoms with E-state index in [0.29, 0.717) is 16.3 Å². The smallest absolute Gasteiger partial charge is 0.270 e. The van der Waals surface area contributed by atoms with Crippen LogP contribution in [0.5, 0.6) is 5.75 Å². The highest BCUT2D eigenvalue weighted by molar-refractivity contribution is 7.80. The molecular weight excluding hydrogens is 403 g/mol. The van der Waals surface area contributed by atoms with Gasteiger partial charge in [0.25, 0.3) is 11.8 Å². The maximum Gasteiger partial charge on any atom is 0.270 e. The minimum atomic E-state index is -0.655. The molecular formula is C20H16ClFN2O3S. The molecule has 2 amide bonds. The first-order chi connectivity index (χ1) is 13.3. The number of rotatable bonds is 4. The summed E-state index contributed by atoms with van der Waals surface area (Å²) in [5.41, 5.74) is 0.609. The molecule has 1 aliphatic rings. The molecule has 0 aliphatic carbocycles. The molecule has 3 rings (SSSR count). The first-order valence-corrected chi connectivity index (χ1v) is 9.18. The van der Waals surface area contributed by atoms with Gasteiger partial charge >= 0.3 is 0 Å². The minimum Gasteiger partial charge on any atom is -0.489 e. The molecule has 5 nitrogen and oxygen atoms in total. The second-order valence-electron chi connectivity index (χ2n) is 6.29. The summed E-state index contributed by atoms with van der Waals surface area (Å²) in [6, 6.07) is 10.3. The third-order valence-corrected chi connectivity index (χ3v) is 4.38. The predicted molar refractivity (Wildman–Crippen MR) is 110 cm³/mol. The number of halogens is 2. The minimum absolute atomic E-state index is 0.0479. The molecule has 0 bridgehead atoms. The van der Waals surface area contributed by atoms with E-state index in [2.05, 4.69) is 5.32 Å². The van der Waals surface area contributed by atoms with Crippen molar-refractivity contribution in [2.75, 3.05) is 4.90 Å². The number of carbonyl (C=O) groups is 2. The number of anilines is 1. The fraction of sp³-hybridized carbons (Fsp3) is 0.150. The van der Waals surface area contributed by atoms with E-state index in [9.17, 15) is 14.0 Å². The van der Waals surface area contributed by atoms with Crippen LogP contribution in [0.15, 0.2) is 48.0 Å². The summed E-state index contributed by atoms with van der Waals surface area (Å²) in [7, 11) is 0. The molecule has 1 fully saturated rings. The van der Waals surface area contributed by atoms with E-state index in [1.807, 2.05) is 13.8 Å². The average molecular weight is 419 g/mol. The molecule has 1 aliphatic heterocycles. The molecule has 1 heterocycles. The Hall–Kier alpha value is -2.77. The van der Waals surface area contributed by atoms with Crippen molar-refractivity contribution in [1.29, 1.82) is 0 Å². The lowest BCUT2D eigenvalue weighted by molar-refractivity contribution is -0.122.